The van der Waals surface area contributed by atoms with Crippen LogP contribution in [0.25, 0.3) is 10.2 Å². The lowest BCUT2D eigenvalue weighted by Gasteiger charge is -2.27. The van der Waals surface area contributed by atoms with Gasteiger partial charge in [-0.2, -0.15) is 4.98 Å². The summed E-state index contributed by atoms with van der Waals surface area (Å²) in [5, 5.41) is 26.5. The highest BCUT2D eigenvalue weighted by atomic mass is 32.1. The van der Waals surface area contributed by atoms with Crippen molar-refractivity contribution in [3.63, 3.8) is 0 Å². The van der Waals surface area contributed by atoms with E-state index in [-0.39, 0.29) is 13.2 Å². The SMILES string of the molecule is CNc1nc(NC(C)(CO)CO)c2sccc2n1. The molecule has 0 atom stereocenters. The quantitative estimate of drug-likeness (QED) is 0.644. The number of rotatable bonds is 5. The van der Waals surface area contributed by atoms with Crippen LogP contribution in [0, 0.1) is 0 Å². The van der Waals surface area contributed by atoms with Gasteiger partial charge in [-0.3, -0.25) is 0 Å². The fourth-order valence-electron chi connectivity index (χ4n) is 1.47. The van der Waals surface area contributed by atoms with Gasteiger partial charge in [-0.25, -0.2) is 4.98 Å². The lowest BCUT2D eigenvalue weighted by atomic mass is 10.1. The number of aliphatic hydroxyl groups is 2. The molecule has 0 spiro atoms. The van der Waals surface area contributed by atoms with Crippen molar-refractivity contribution in [2.75, 3.05) is 30.9 Å². The molecule has 0 fully saturated rings. The molecule has 0 amide bonds. The standard InChI is InChI=1S/C11H16N4O2S/c1-11(5-16,6-17)15-9-8-7(3-4-18-8)13-10(12-2)14-9/h3-4,16-17H,5-6H2,1-2H3,(H2,12,13,14,15). The van der Waals surface area contributed by atoms with E-state index >= 15 is 0 Å². The molecule has 2 aromatic rings. The van der Waals surface area contributed by atoms with Crippen LogP contribution in [0.5, 0.6) is 0 Å². The fourth-order valence-corrected chi connectivity index (χ4v) is 2.25. The lowest BCUT2D eigenvalue weighted by Crippen LogP contribution is -2.42. The zero-order chi connectivity index (χ0) is 13.2. The second-order valence-corrected chi connectivity index (χ2v) is 5.20. The molecule has 0 aliphatic carbocycles. The number of aliphatic hydroxyl groups excluding tert-OH is 2. The third-order valence-corrected chi connectivity index (χ3v) is 3.56. The molecule has 0 unspecified atom stereocenters. The highest BCUT2D eigenvalue weighted by molar-refractivity contribution is 7.17. The Morgan fingerprint density at radius 1 is 1.33 bits per heavy atom. The van der Waals surface area contributed by atoms with E-state index in [2.05, 4.69) is 20.6 Å². The van der Waals surface area contributed by atoms with Crippen LogP contribution in [0.3, 0.4) is 0 Å². The van der Waals surface area contributed by atoms with Crippen LogP contribution in [-0.2, 0) is 0 Å². The number of nitrogens with zero attached hydrogens (tertiary/aromatic N) is 2. The molecule has 4 N–H and O–H groups in total. The summed E-state index contributed by atoms with van der Waals surface area (Å²) in [5.41, 5.74) is 0.0242. The number of hydrogen-bond acceptors (Lipinski definition) is 7. The van der Waals surface area contributed by atoms with Crippen molar-refractivity contribution >= 4 is 33.3 Å². The van der Waals surface area contributed by atoms with Gasteiger partial charge >= 0.3 is 0 Å². The Hall–Kier alpha value is -1.44. The third-order valence-electron chi connectivity index (χ3n) is 2.65. The Balaban J connectivity index is 2.45. The van der Waals surface area contributed by atoms with Gasteiger partial charge in [0.05, 0.1) is 29.0 Å². The molecule has 0 radical (unpaired) electrons. The molecule has 0 aliphatic rings. The van der Waals surface area contributed by atoms with E-state index in [0.717, 1.165) is 10.2 Å². The third kappa shape index (κ3) is 2.38. The Kier molecular flexibility index (Phi) is 3.65. The minimum Gasteiger partial charge on any atom is -0.394 e. The molecule has 0 saturated carbocycles. The summed E-state index contributed by atoms with van der Waals surface area (Å²) in [6.07, 6.45) is 0. The van der Waals surface area contributed by atoms with Crippen molar-refractivity contribution in [2.24, 2.45) is 0 Å². The summed E-state index contributed by atoms with van der Waals surface area (Å²) >= 11 is 1.52. The molecule has 0 aromatic carbocycles. The highest BCUT2D eigenvalue weighted by Crippen LogP contribution is 2.29. The highest BCUT2D eigenvalue weighted by Gasteiger charge is 2.24. The molecular weight excluding hydrogens is 252 g/mol. The molecular formula is C11H16N4O2S. The van der Waals surface area contributed by atoms with Crippen molar-refractivity contribution < 1.29 is 10.2 Å². The zero-order valence-electron chi connectivity index (χ0n) is 10.3. The van der Waals surface area contributed by atoms with Crippen molar-refractivity contribution in [1.82, 2.24) is 9.97 Å². The van der Waals surface area contributed by atoms with E-state index in [0.29, 0.717) is 11.8 Å². The van der Waals surface area contributed by atoms with Crippen molar-refractivity contribution in [3.8, 4) is 0 Å². The first-order chi connectivity index (χ1) is 8.61. The summed E-state index contributed by atoms with van der Waals surface area (Å²) in [5.74, 6) is 1.12. The van der Waals surface area contributed by atoms with Gasteiger partial charge in [-0.1, -0.05) is 0 Å². The number of aromatic nitrogens is 2. The average Bonchev–Trinajstić information content (AvgIpc) is 2.86. The second kappa shape index (κ2) is 5.05. The van der Waals surface area contributed by atoms with Crippen LogP contribution in [0.4, 0.5) is 11.8 Å². The van der Waals surface area contributed by atoms with Gasteiger partial charge in [0.15, 0.2) is 0 Å². The van der Waals surface area contributed by atoms with Crippen LogP contribution in [0.15, 0.2) is 11.4 Å². The number of nitrogens with one attached hydrogen (secondary N) is 2. The van der Waals surface area contributed by atoms with E-state index < -0.39 is 5.54 Å². The van der Waals surface area contributed by atoms with E-state index in [1.54, 1.807) is 14.0 Å². The molecule has 7 heteroatoms. The van der Waals surface area contributed by atoms with Crippen molar-refractivity contribution in [1.29, 1.82) is 0 Å². The maximum absolute atomic E-state index is 9.32. The summed E-state index contributed by atoms with van der Waals surface area (Å²) in [7, 11) is 1.74. The number of anilines is 2. The Morgan fingerprint density at radius 2 is 2.06 bits per heavy atom. The Labute approximate surface area is 109 Å². The molecule has 2 aromatic heterocycles. The largest absolute Gasteiger partial charge is 0.394 e. The first-order valence-electron chi connectivity index (χ1n) is 5.55. The van der Waals surface area contributed by atoms with Gasteiger partial charge < -0.3 is 20.8 Å². The first kappa shape index (κ1) is 13.0. The van der Waals surface area contributed by atoms with Gasteiger partial charge in [0.25, 0.3) is 0 Å². The molecule has 0 aliphatic heterocycles. The predicted molar refractivity (Wildman–Crippen MR) is 73.2 cm³/mol. The number of hydrogen-bond donors (Lipinski definition) is 4. The van der Waals surface area contributed by atoms with E-state index in [1.165, 1.54) is 11.3 Å². The number of fused-ring (bicyclic) bond motifs is 1. The normalized spacial score (nSPS) is 11.8. The van der Waals surface area contributed by atoms with Gasteiger partial charge in [-0.05, 0) is 18.4 Å². The van der Waals surface area contributed by atoms with E-state index in [4.69, 9.17) is 0 Å². The maximum Gasteiger partial charge on any atom is 0.225 e. The first-order valence-corrected chi connectivity index (χ1v) is 6.43. The molecule has 2 heterocycles. The van der Waals surface area contributed by atoms with Crippen LogP contribution in [0.2, 0.25) is 0 Å². The minimum absolute atomic E-state index is 0.185. The summed E-state index contributed by atoms with van der Waals surface area (Å²) in [6.45, 7) is 1.36. The van der Waals surface area contributed by atoms with Crippen molar-refractivity contribution in [3.05, 3.63) is 11.4 Å². The van der Waals surface area contributed by atoms with Gasteiger partial charge in [0.2, 0.25) is 5.95 Å². The van der Waals surface area contributed by atoms with Gasteiger partial charge in [0.1, 0.15) is 5.82 Å². The lowest BCUT2D eigenvalue weighted by molar-refractivity contribution is 0.147. The van der Waals surface area contributed by atoms with E-state index in [9.17, 15) is 10.2 Å². The summed E-state index contributed by atoms with van der Waals surface area (Å²) in [4.78, 5) is 8.65. The molecule has 98 valence electrons. The van der Waals surface area contributed by atoms with E-state index in [1.807, 2.05) is 11.4 Å². The Bertz CT molecular complexity index is 539. The Morgan fingerprint density at radius 3 is 2.67 bits per heavy atom. The van der Waals surface area contributed by atoms with Gasteiger partial charge in [0, 0.05) is 7.05 Å². The second-order valence-electron chi connectivity index (χ2n) is 4.28. The smallest absolute Gasteiger partial charge is 0.225 e. The number of thiophene rings is 1. The van der Waals surface area contributed by atoms with Gasteiger partial charge in [-0.15, -0.1) is 11.3 Å². The molecule has 0 saturated heterocycles. The van der Waals surface area contributed by atoms with Crippen LogP contribution >= 0.6 is 11.3 Å². The molecule has 0 bridgehead atoms. The maximum atomic E-state index is 9.32. The monoisotopic (exact) mass is 268 g/mol. The van der Waals surface area contributed by atoms with Crippen LogP contribution < -0.4 is 10.6 Å². The zero-order valence-corrected chi connectivity index (χ0v) is 11.1. The fraction of sp³-hybridized carbons (Fsp3) is 0.455. The average molecular weight is 268 g/mol. The molecule has 2 rings (SSSR count). The predicted octanol–water partition coefficient (Wildman–Crippen LogP) is 0.888. The molecule has 6 nitrogen and oxygen atoms in total. The topological polar surface area (TPSA) is 90.3 Å². The summed E-state index contributed by atoms with van der Waals surface area (Å²) in [6, 6.07) is 1.91. The minimum atomic E-state index is -0.809. The van der Waals surface area contributed by atoms with Crippen LogP contribution in [0.1, 0.15) is 6.92 Å². The molecule has 18 heavy (non-hydrogen) atoms. The summed E-state index contributed by atoms with van der Waals surface area (Å²) < 4.78 is 0.905. The van der Waals surface area contributed by atoms with Crippen molar-refractivity contribution in [2.45, 2.75) is 12.5 Å². The van der Waals surface area contributed by atoms with Crippen LogP contribution in [-0.4, -0.2) is 46.0 Å².